The SMILES string of the molecule is Cc1cc(C(=O)NC2CCc3nn(Cc4ccc(F)cc4)c(=O)n3CC2)no1. The van der Waals surface area contributed by atoms with Crippen molar-refractivity contribution in [2.45, 2.75) is 45.3 Å². The number of aryl methyl sites for hydroxylation is 2. The van der Waals surface area contributed by atoms with Crippen molar-refractivity contribution in [1.29, 1.82) is 0 Å². The maximum atomic E-state index is 13.0. The monoisotopic (exact) mass is 385 g/mol. The van der Waals surface area contributed by atoms with Crippen LogP contribution in [0.1, 0.15) is 40.5 Å². The van der Waals surface area contributed by atoms with Gasteiger partial charge in [-0.3, -0.25) is 9.36 Å². The lowest BCUT2D eigenvalue weighted by atomic mass is 10.1. The topological polar surface area (TPSA) is 95.0 Å². The molecule has 28 heavy (non-hydrogen) atoms. The Morgan fingerprint density at radius 1 is 1.32 bits per heavy atom. The van der Waals surface area contributed by atoms with Gasteiger partial charge in [-0.25, -0.2) is 13.9 Å². The first-order valence-electron chi connectivity index (χ1n) is 9.15. The average molecular weight is 385 g/mol. The van der Waals surface area contributed by atoms with E-state index < -0.39 is 0 Å². The Morgan fingerprint density at radius 2 is 2.11 bits per heavy atom. The van der Waals surface area contributed by atoms with E-state index in [0.717, 1.165) is 5.56 Å². The van der Waals surface area contributed by atoms with Gasteiger partial charge in [0.2, 0.25) is 0 Å². The lowest BCUT2D eigenvalue weighted by molar-refractivity contribution is 0.0923. The zero-order chi connectivity index (χ0) is 19.7. The number of carbonyl (C=O) groups is 1. The van der Waals surface area contributed by atoms with E-state index in [4.69, 9.17) is 4.52 Å². The van der Waals surface area contributed by atoms with E-state index in [9.17, 15) is 14.0 Å². The highest BCUT2D eigenvalue weighted by molar-refractivity contribution is 5.92. The molecule has 0 radical (unpaired) electrons. The van der Waals surface area contributed by atoms with Gasteiger partial charge in [-0.2, -0.15) is 5.10 Å². The smallest absolute Gasteiger partial charge is 0.346 e. The molecule has 1 aromatic carbocycles. The predicted molar refractivity (Wildman–Crippen MR) is 97.4 cm³/mol. The highest BCUT2D eigenvalue weighted by Crippen LogP contribution is 2.13. The quantitative estimate of drug-likeness (QED) is 0.737. The van der Waals surface area contributed by atoms with Gasteiger partial charge in [0, 0.05) is 25.1 Å². The normalized spacial score (nSPS) is 16.4. The molecule has 1 N–H and O–H groups in total. The van der Waals surface area contributed by atoms with Crippen LogP contribution in [0.5, 0.6) is 0 Å². The number of halogens is 1. The van der Waals surface area contributed by atoms with Crippen LogP contribution in [0.3, 0.4) is 0 Å². The summed E-state index contributed by atoms with van der Waals surface area (Å²) in [4.78, 5) is 24.9. The molecule has 4 rings (SSSR count). The largest absolute Gasteiger partial charge is 0.361 e. The summed E-state index contributed by atoms with van der Waals surface area (Å²) in [5.41, 5.74) is 0.865. The van der Waals surface area contributed by atoms with Crippen LogP contribution >= 0.6 is 0 Å². The van der Waals surface area contributed by atoms with E-state index in [-0.39, 0.29) is 29.1 Å². The number of rotatable bonds is 4. The van der Waals surface area contributed by atoms with E-state index in [2.05, 4.69) is 15.6 Å². The van der Waals surface area contributed by atoms with Crippen molar-refractivity contribution < 1.29 is 13.7 Å². The van der Waals surface area contributed by atoms with Crippen LogP contribution in [-0.4, -0.2) is 31.5 Å². The Bertz CT molecular complexity index is 1050. The molecule has 3 aromatic rings. The molecule has 0 saturated heterocycles. The van der Waals surface area contributed by atoms with Gasteiger partial charge in [-0.05, 0) is 37.5 Å². The van der Waals surface area contributed by atoms with Gasteiger partial charge in [0.1, 0.15) is 17.4 Å². The zero-order valence-electron chi connectivity index (χ0n) is 15.4. The Morgan fingerprint density at radius 3 is 2.82 bits per heavy atom. The molecule has 0 fully saturated rings. The fourth-order valence-electron chi connectivity index (χ4n) is 3.37. The molecule has 1 aliphatic rings. The third-order valence-electron chi connectivity index (χ3n) is 4.86. The summed E-state index contributed by atoms with van der Waals surface area (Å²) in [6.45, 7) is 2.50. The second-order valence-electron chi connectivity index (χ2n) is 6.96. The Kier molecular flexibility index (Phi) is 4.81. The summed E-state index contributed by atoms with van der Waals surface area (Å²) in [7, 11) is 0. The number of hydrogen-bond donors (Lipinski definition) is 1. The summed E-state index contributed by atoms with van der Waals surface area (Å²) in [6.07, 6.45) is 1.88. The average Bonchev–Trinajstić information content (AvgIpc) is 3.17. The van der Waals surface area contributed by atoms with Crippen LogP contribution in [0, 0.1) is 12.7 Å². The third kappa shape index (κ3) is 3.73. The number of nitrogens with zero attached hydrogens (tertiary/aromatic N) is 4. The highest BCUT2D eigenvalue weighted by Gasteiger charge is 2.23. The van der Waals surface area contributed by atoms with Crippen LogP contribution in [-0.2, 0) is 19.5 Å². The zero-order valence-corrected chi connectivity index (χ0v) is 15.4. The van der Waals surface area contributed by atoms with E-state index in [1.165, 1.54) is 16.8 Å². The van der Waals surface area contributed by atoms with E-state index in [1.54, 1.807) is 29.7 Å². The lowest BCUT2D eigenvalue weighted by Crippen LogP contribution is -2.36. The molecule has 0 bridgehead atoms. The molecular weight excluding hydrogens is 365 g/mol. The number of amides is 1. The van der Waals surface area contributed by atoms with Gasteiger partial charge >= 0.3 is 5.69 Å². The fraction of sp³-hybridized carbons (Fsp3) is 0.368. The van der Waals surface area contributed by atoms with Gasteiger partial charge in [0.25, 0.3) is 5.91 Å². The van der Waals surface area contributed by atoms with Crippen molar-refractivity contribution in [3.63, 3.8) is 0 Å². The Labute approximate surface area is 159 Å². The molecular formula is C19H20FN5O3. The molecule has 1 aliphatic heterocycles. The van der Waals surface area contributed by atoms with Gasteiger partial charge < -0.3 is 9.84 Å². The number of fused-ring (bicyclic) bond motifs is 1. The summed E-state index contributed by atoms with van der Waals surface area (Å²) >= 11 is 0. The summed E-state index contributed by atoms with van der Waals surface area (Å²) in [5.74, 6) is 0.676. The summed E-state index contributed by atoms with van der Waals surface area (Å²) in [5, 5.41) is 11.1. The van der Waals surface area contributed by atoms with E-state index >= 15 is 0 Å². The van der Waals surface area contributed by atoms with Crippen molar-refractivity contribution in [2.24, 2.45) is 0 Å². The highest BCUT2D eigenvalue weighted by atomic mass is 19.1. The number of benzene rings is 1. The number of nitrogens with one attached hydrogen (secondary N) is 1. The van der Waals surface area contributed by atoms with Crippen molar-refractivity contribution in [1.82, 2.24) is 24.8 Å². The molecule has 3 heterocycles. The lowest BCUT2D eigenvalue weighted by Gasteiger charge is -2.14. The van der Waals surface area contributed by atoms with Crippen molar-refractivity contribution in [3.05, 3.63) is 69.5 Å². The van der Waals surface area contributed by atoms with Gasteiger partial charge in [0.05, 0.1) is 6.54 Å². The molecule has 0 aliphatic carbocycles. The molecule has 0 spiro atoms. The first kappa shape index (κ1) is 18.1. The van der Waals surface area contributed by atoms with Crippen LogP contribution < -0.4 is 11.0 Å². The molecule has 8 nitrogen and oxygen atoms in total. The van der Waals surface area contributed by atoms with Crippen molar-refractivity contribution in [3.8, 4) is 0 Å². The van der Waals surface area contributed by atoms with Crippen LogP contribution in [0.4, 0.5) is 4.39 Å². The molecule has 0 saturated carbocycles. The predicted octanol–water partition coefficient (Wildman–Crippen LogP) is 1.66. The fourth-order valence-corrected chi connectivity index (χ4v) is 3.37. The second-order valence-corrected chi connectivity index (χ2v) is 6.96. The van der Waals surface area contributed by atoms with Crippen LogP contribution in [0.25, 0.3) is 0 Å². The molecule has 1 atom stereocenters. The van der Waals surface area contributed by atoms with Gasteiger partial charge in [0.15, 0.2) is 5.69 Å². The van der Waals surface area contributed by atoms with Crippen molar-refractivity contribution in [2.75, 3.05) is 0 Å². The molecule has 2 aromatic heterocycles. The van der Waals surface area contributed by atoms with E-state index in [1.807, 2.05) is 0 Å². The molecule has 1 unspecified atom stereocenters. The number of carbonyl (C=O) groups excluding carboxylic acids is 1. The minimum Gasteiger partial charge on any atom is -0.361 e. The first-order valence-corrected chi connectivity index (χ1v) is 9.15. The molecule has 146 valence electrons. The van der Waals surface area contributed by atoms with Crippen LogP contribution in [0.15, 0.2) is 39.6 Å². The van der Waals surface area contributed by atoms with Crippen molar-refractivity contribution >= 4 is 5.91 Å². The molecule has 9 heteroatoms. The first-order chi connectivity index (χ1) is 13.5. The standard InChI is InChI=1S/C19H20FN5O3/c1-12-10-16(23-28-12)18(26)21-15-6-7-17-22-25(19(27)24(17)9-8-15)11-13-2-4-14(20)5-3-13/h2-5,10,15H,6-9,11H2,1H3,(H,21,26). The van der Waals surface area contributed by atoms with E-state index in [0.29, 0.717) is 43.9 Å². The minimum absolute atomic E-state index is 0.0730. The van der Waals surface area contributed by atoms with Gasteiger partial charge in [-0.15, -0.1) is 0 Å². The van der Waals surface area contributed by atoms with Crippen LogP contribution in [0.2, 0.25) is 0 Å². The van der Waals surface area contributed by atoms with Gasteiger partial charge in [-0.1, -0.05) is 17.3 Å². The maximum Gasteiger partial charge on any atom is 0.346 e. The second kappa shape index (κ2) is 7.41. The third-order valence-corrected chi connectivity index (χ3v) is 4.86. The maximum absolute atomic E-state index is 13.0. The number of aromatic nitrogens is 4. The Hall–Kier alpha value is -3.23. The number of hydrogen-bond acceptors (Lipinski definition) is 5. The summed E-state index contributed by atoms with van der Waals surface area (Å²) in [6, 6.07) is 7.53. The Balaban J connectivity index is 1.43. The minimum atomic E-state index is -0.314. The summed E-state index contributed by atoms with van der Waals surface area (Å²) < 4.78 is 21.0. The molecule has 1 amide bonds.